The molecular weight excluding hydrogens is 234 g/mol. The van der Waals surface area contributed by atoms with Crippen LogP contribution in [-0.4, -0.2) is 29.9 Å². The molecule has 0 fully saturated rings. The molecule has 0 spiro atoms. The maximum atomic E-state index is 11.3. The van der Waals surface area contributed by atoms with Crippen molar-refractivity contribution in [3.63, 3.8) is 0 Å². The molecule has 0 radical (unpaired) electrons. The first kappa shape index (κ1) is 14.1. The van der Waals surface area contributed by atoms with Gasteiger partial charge in [-0.2, -0.15) is 0 Å². The largest absolute Gasteiger partial charge is 0.330 e. The van der Waals surface area contributed by atoms with E-state index in [1.54, 1.807) is 18.2 Å². The molecule has 0 saturated carbocycles. The zero-order chi connectivity index (χ0) is 13.4. The van der Waals surface area contributed by atoms with Crippen LogP contribution in [0.3, 0.4) is 0 Å². The lowest BCUT2D eigenvalue weighted by atomic mass is 10.3. The lowest BCUT2D eigenvalue weighted by Crippen LogP contribution is -2.19. The Labute approximate surface area is 105 Å². The predicted molar refractivity (Wildman–Crippen MR) is 68.8 cm³/mol. The molecule has 6 N–H and O–H groups in total. The minimum atomic E-state index is -0.213. The second-order valence-corrected chi connectivity index (χ2v) is 3.58. The summed E-state index contributed by atoms with van der Waals surface area (Å²) in [6.45, 7) is 0.553. The van der Waals surface area contributed by atoms with Crippen LogP contribution < -0.4 is 22.1 Å². The van der Waals surface area contributed by atoms with E-state index in [0.29, 0.717) is 11.6 Å². The Morgan fingerprint density at radius 3 is 1.83 bits per heavy atom. The zero-order valence-corrected chi connectivity index (χ0v) is 9.98. The van der Waals surface area contributed by atoms with E-state index in [9.17, 15) is 9.59 Å². The molecule has 0 atom stereocenters. The second kappa shape index (κ2) is 7.36. The topological polar surface area (TPSA) is 123 Å². The molecule has 1 heterocycles. The van der Waals surface area contributed by atoms with Gasteiger partial charge >= 0.3 is 0 Å². The molecular formula is C11H17N5O2. The third kappa shape index (κ3) is 4.89. The molecule has 2 amide bonds. The van der Waals surface area contributed by atoms with Crippen LogP contribution >= 0.6 is 0 Å². The molecule has 7 nitrogen and oxygen atoms in total. The van der Waals surface area contributed by atoms with Gasteiger partial charge in [-0.15, -0.1) is 0 Å². The Hall–Kier alpha value is -1.99. The number of hydrogen-bond donors (Lipinski definition) is 4. The van der Waals surface area contributed by atoms with E-state index >= 15 is 0 Å². The van der Waals surface area contributed by atoms with Gasteiger partial charge < -0.3 is 22.1 Å². The van der Waals surface area contributed by atoms with E-state index in [0.717, 1.165) is 0 Å². The Balaban J connectivity index is 2.61. The van der Waals surface area contributed by atoms with E-state index in [4.69, 9.17) is 11.5 Å². The first-order valence-corrected chi connectivity index (χ1v) is 5.62. The highest BCUT2D eigenvalue weighted by atomic mass is 16.2. The van der Waals surface area contributed by atoms with E-state index < -0.39 is 0 Å². The van der Waals surface area contributed by atoms with Gasteiger partial charge in [-0.05, 0) is 12.1 Å². The smallest absolute Gasteiger partial charge is 0.226 e. The number of anilines is 2. The molecule has 1 aromatic rings. The minimum absolute atomic E-state index is 0.213. The van der Waals surface area contributed by atoms with Gasteiger partial charge in [0.05, 0.1) is 0 Å². The van der Waals surface area contributed by atoms with Crippen molar-refractivity contribution in [2.24, 2.45) is 11.5 Å². The summed E-state index contributed by atoms with van der Waals surface area (Å²) in [5.41, 5.74) is 10.5. The second-order valence-electron chi connectivity index (χ2n) is 3.58. The fraction of sp³-hybridized carbons (Fsp3) is 0.364. The number of nitrogens with zero attached hydrogens (tertiary/aromatic N) is 1. The highest BCUT2D eigenvalue weighted by Gasteiger charge is 2.05. The van der Waals surface area contributed by atoms with Crippen LogP contribution in [-0.2, 0) is 9.59 Å². The monoisotopic (exact) mass is 251 g/mol. The standard InChI is InChI=1S/C11H17N5O2/c12-6-4-10(17)15-8-2-1-3-9(14-8)16-11(18)5-7-13/h1-3H,4-7,12-13H2,(H2,14,15,16,17,18). The van der Waals surface area contributed by atoms with Crippen LogP contribution in [0, 0.1) is 0 Å². The van der Waals surface area contributed by atoms with E-state index in [2.05, 4.69) is 15.6 Å². The molecule has 1 rings (SSSR count). The van der Waals surface area contributed by atoms with Crippen molar-refractivity contribution in [3.8, 4) is 0 Å². The fourth-order valence-corrected chi connectivity index (χ4v) is 1.25. The van der Waals surface area contributed by atoms with Crippen molar-refractivity contribution in [2.45, 2.75) is 12.8 Å². The maximum Gasteiger partial charge on any atom is 0.226 e. The summed E-state index contributed by atoms with van der Waals surface area (Å²) in [6, 6.07) is 4.95. The van der Waals surface area contributed by atoms with Gasteiger partial charge in [0.2, 0.25) is 11.8 Å². The molecule has 0 unspecified atom stereocenters. The lowest BCUT2D eigenvalue weighted by Gasteiger charge is -2.07. The SMILES string of the molecule is NCCC(=O)Nc1cccc(NC(=O)CCN)n1. The number of amides is 2. The van der Waals surface area contributed by atoms with Crippen molar-refractivity contribution in [2.75, 3.05) is 23.7 Å². The number of hydrogen-bond acceptors (Lipinski definition) is 5. The fourth-order valence-electron chi connectivity index (χ4n) is 1.25. The summed E-state index contributed by atoms with van der Waals surface area (Å²) >= 11 is 0. The van der Waals surface area contributed by atoms with Crippen LogP contribution in [0.2, 0.25) is 0 Å². The zero-order valence-electron chi connectivity index (χ0n) is 9.98. The predicted octanol–water partition coefficient (Wildman–Crippen LogP) is -0.344. The number of carbonyl (C=O) groups is 2. The van der Waals surface area contributed by atoms with Crippen LogP contribution in [0.15, 0.2) is 18.2 Å². The minimum Gasteiger partial charge on any atom is -0.330 e. The summed E-state index contributed by atoms with van der Waals surface area (Å²) in [4.78, 5) is 26.7. The number of nitrogens with one attached hydrogen (secondary N) is 2. The average molecular weight is 251 g/mol. The molecule has 0 aliphatic heterocycles. The Morgan fingerprint density at radius 1 is 1.00 bits per heavy atom. The molecule has 0 bridgehead atoms. The molecule has 98 valence electrons. The third-order valence-electron chi connectivity index (χ3n) is 2.03. The summed E-state index contributed by atoms with van der Waals surface area (Å²) < 4.78 is 0. The Bertz CT molecular complexity index is 386. The van der Waals surface area contributed by atoms with Gasteiger partial charge in [0, 0.05) is 25.9 Å². The van der Waals surface area contributed by atoms with E-state index in [-0.39, 0.29) is 37.7 Å². The van der Waals surface area contributed by atoms with Crippen LogP contribution in [0.5, 0.6) is 0 Å². The molecule has 0 aromatic carbocycles. The van der Waals surface area contributed by atoms with Gasteiger partial charge in [-0.25, -0.2) is 4.98 Å². The van der Waals surface area contributed by atoms with Crippen molar-refractivity contribution in [3.05, 3.63) is 18.2 Å². The normalized spacial score (nSPS) is 9.89. The highest BCUT2D eigenvalue weighted by Crippen LogP contribution is 2.09. The summed E-state index contributed by atoms with van der Waals surface area (Å²) in [6.07, 6.45) is 0.455. The van der Waals surface area contributed by atoms with Crippen molar-refractivity contribution < 1.29 is 9.59 Å². The summed E-state index contributed by atoms with van der Waals surface area (Å²) in [5.74, 6) is 0.323. The number of pyridine rings is 1. The van der Waals surface area contributed by atoms with Gasteiger partial charge in [-0.3, -0.25) is 9.59 Å². The van der Waals surface area contributed by atoms with E-state index in [1.165, 1.54) is 0 Å². The molecule has 7 heteroatoms. The maximum absolute atomic E-state index is 11.3. The van der Waals surface area contributed by atoms with Crippen LogP contribution in [0.25, 0.3) is 0 Å². The quantitative estimate of drug-likeness (QED) is 0.550. The summed E-state index contributed by atoms with van der Waals surface area (Å²) in [7, 11) is 0. The molecule has 18 heavy (non-hydrogen) atoms. The molecule has 0 saturated heterocycles. The van der Waals surface area contributed by atoms with Gasteiger partial charge in [0.15, 0.2) is 0 Å². The first-order valence-electron chi connectivity index (χ1n) is 5.62. The third-order valence-corrected chi connectivity index (χ3v) is 2.03. The average Bonchev–Trinajstić information content (AvgIpc) is 2.29. The first-order chi connectivity index (χ1) is 8.65. The van der Waals surface area contributed by atoms with E-state index in [1.807, 2.05) is 0 Å². The van der Waals surface area contributed by atoms with Crippen LogP contribution in [0.4, 0.5) is 11.6 Å². The van der Waals surface area contributed by atoms with Crippen molar-refractivity contribution in [1.82, 2.24) is 4.98 Å². The Morgan fingerprint density at radius 2 is 1.44 bits per heavy atom. The summed E-state index contributed by atoms with van der Waals surface area (Å²) in [5, 5.41) is 5.16. The molecule has 1 aromatic heterocycles. The highest BCUT2D eigenvalue weighted by molar-refractivity contribution is 5.92. The van der Waals surface area contributed by atoms with Gasteiger partial charge in [0.1, 0.15) is 11.6 Å². The van der Waals surface area contributed by atoms with Crippen LogP contribution in [0.1, 0.15) is 12.8 Å². The number of carbonyl (C=O) groups excluding carboxylic acids is 2. The number of nitrogens with two attached hydrogens (primary N) is 2. The van der Waals surface area contributed by atoms with Crippen molar-refractivity contribution in [1.29, 1.82) is 0 Å². The Kier molecular flexibility index (Phi) is 5.75. The van der Waals surface area contributed by atoms with Crippen molar-refractivity contribution >= 4 is 23.5 Å². The van der Waals surface area contributed by atoms with Gasteiger partial charge in [-0.1, -0.05) is 6.07 Å². The number of rotatable bonds is 6. The lowest BCUT2D eigenvalue weighted by molar-refractivity contribution is -0.116. The molecule has 0 aliphatic carbocycles. The number of aromatic nitrogens is 1. The molecule has 0 aliphatic rings. The van der Waals surface area contributed by atoms with Gasteiger partial charge in [0.25, 0.3) is 0 Å².